The van der Waals surface area contributed by atoms with Crippen LogP contribution in [-0.4, -0.2) is 24.0 Å². The molecule has 0 N–H and O–H groups in total. The van der Waals surface area contributed by atoms with Gasteiger partial charge in [0, 0.05) is 18.5 Å². The standard InChI is InChI=1S/C13H17NO2.C2H6/c1-2-6-12(15)14-9-10-16-13(14)11-7-4-3-5-8-11;1-2/h3-5,7-8,13H,2,6,9-10H2,1H3;1-2H3. The Morgan fingerprint density at radius 2 is 2.00 bits per heavy atom. The third kappa shape index (κ3) is 3.57. The normalized spacial score (nSPS) is 18.2. The van der Waals surface area contributed by atoms with E-state index in [2.05, 4.69) is 0 Å². The van der Waals surface area contributed by atoms with E-state index in [1.54, 1.807) is 0 Å². The van der Waals surface area contributed by atoms with Crippen LogP contribution in [0, 0.1) is 0 Å². The van der Waals surface area contributed by atoms with Gasteiger partial charge in [0.1, 0.15) is 0 Å². The number of carbonyl (C=O) groups is 1. The quantitative estimate of drug-likeness (QED) is 0.822. The number of hydrogen-bond donors (Lipinski definition) is 0. The zero-order valence-electron chi connectivity index (χ0n) is 11.6. The van der Waals surface area contributed by atoms with Crippen LogP contribution >= 0.6 is 0 Å². The Morgan fingerprint density at radius 3 is 2.61 bits per heavy atom. The summed E-state index contributed by atoms with van der Waals surface area (Å²) in [4.78, 5) is 13.7. The lowest BCUT2D eigenvalue weighted by Gasteiger charge is -2.23. The van der Waals surface area contributed by atoms with Crippen molar-refractivity contribution in [3.8, 4) is 0 Å². The average molecular weight is 249 g/mol. The fourth-order valence-electron chi connectivity index (χ4n) is 1.98. The lowest BCUT2D eigenvalue weighted by molar-refractivity contribution is -0.136. The van der Waals surface area contributed by atoms with E-state index in [1.165, 1.54) is 0 Å². The Morgan fingerprint density at radius 1 is 1.33 bits per heavy atom. The maximum atomic E-state index is 11.9. The van der Waals surface area contributed by atoms with E-state index < -0.39 is 0 Å². The topological polar surface area (TPSA) is 29.5 Å². The highest BCUT2D eigenvalue weighted by atomic mass is 16.5. The van der Waals surface area contributed by atoms with E-state index in [-0.39, 0.29) is 12.1 Å². The van der Waals surface area contributed by atoms with Crippen molar-refractivity contribution in [1.29, 1.82) is 0 Å². The summed E-state index contributed by atoms with van der Waals surface area (Å²) in [6.45, 7) is 7.36. The van der Waals surface area contributed by atoms with Crippen LogP contribution in [0.5, 0.6) is 0 Å². The van der Waals surface area contributed by atoms with Crippen LogP contribution in [0.3, 0.4) is 0 Å². The zero-order valence-corrected chi connectivity index (χ0v) is 11.6. The van der Waals surface area contributed by atoms with Crippen LogP contribution in [-0.2, 0) is 9.53 Å². The molecule has 1 aromatic rings. The molecule has 100 valence electrons. The van der Waals surface area contributed by atoms with E-state index in [0.717, 1.165) is 12.0 Å². The molecule has 1 fully saturated rings. The summed E-state index contributed by atoms with van der Waals surface area (Å²) < 4.78 is 5.62. The van der Waals surface area contributed by atoms with Crippen LogP contribution in [0.25, 0.3) is 0 Å². The van der Waals surface area contributed by atoms with Gasteiger partial charge in [0.05, 0.1) is 6.61 Å². The van der Waals surface area contributed by atoms with Gasteiger partial charge in [-0.15, -0.1) is 0 Å². The maximum Gasteiger partial charge on any atom is 0.224 e. The van der Waals surface area contributed by atoms with Crippen LogP contribution in [0.1, 0.15) is 45.4 Å². The molecule has 1 saturated heterocycles. The second-order valence-electron chi connectivity index (χ2n) is 3.97. The monoisotopic (exact) mass is 249 g/mol. The summed E-state index contributed by atoms with van der Waals surface area (Å²) in [5.41, 5.74) is 1.06. The lowest BCUT2D eigenvalue weighted by atomic mass is 10.2. The van der Waals surface area contributed by atoms with Gasteiger partial charge in [-0.1, -0.05) is 51.1 Å². The van der Waals surface area contributed by atoms with Gasteiger partial charge in [-0.05, 0) is 6.42 Å². The Bertz CT molecular complexity index is 351. The van der Waals surface area contributed by atoms with Crippen molar-refractivity contribution < 1.29 is 9.53 Å². The van der Waals surface area contributed by atoms with Crippen molar-refractivity contribution in [2.45, 2.75) is 39.8 Å². The highest BCUT2D eigenvalue weighted by Gasteiger charge is 2.29. The molecule has 0 saturated carbocycles. The maximum absolute atomic E-state index is 11.9. The van der Waals surface area contributed by atoms with Gasteiger partial charge in [0.25, 0.3) is 0 Å². The van der Waals surface area contributed by atoms with Gasteiger partial charge >= 0.3 is 0 Å². The molecule has 0 radical (unpaired) electrons. The lowest BCUT2D eigenvalue weighted by Crippen LogP contribution is -2.30. The van der Waals surface area contributed by atoms with Crippen LogP contribution in [0.2, 0.25) is 0 Å². The first kappa shape index (κ1) is 14.7. The van der Waals surface area contributed by atoms with E-state index in [9.17, 15) is 4.79 Å². The summed E-state index contributed by atoms with van der Waals surface area (Å²) in [5, 5.41) is 0. The molecule has 1 aliphatic heterocycles. The van der Waals surface area contributed by atoms with Crippen molar-refractivity contribution in [3.05, 3.63) is 35.9 Å². The fourth-order valence-corrected chi connectivity index (χ4v) is 1.98. The molecule has 0 aromatic heterocycles. The van der Waals surface area contributed by atoms with Crippen LogP contribution in [0.4, 0.5) is 0 Å². The van der Waals surface area contributed by atoms with Gasteiger partial charge in [-0.2, -0.15) is 0 Å². The summed E-state index contributed by atoms with van der Waals surface area (Å²) >= 11 is 0. The van der Waals surface area contributed by atoms with Gasteiger partial charge < -0.3 is 9.64 Å². The highest BCUT2D eigenvalue weighted by Crippen LogP contribution is 2.27. The third-order valence-electron chi connectivity index (χ3n) is 2.76. The van der Waals surface area contributed by atoms with E-state index in [1.807, 2.05) is 56.0 Å². The number of nitrogens with zero attached hydrogens (tertiary/aromatic N) is 1. The van der Waals surface area contributed by atoms with Crippen molar-refractivity contribution in [3.63, 3.8) is 0 Å². The van der Waals surface area contributed by atoms with Gasteiger partial charge in [-0.25, -0.2) is 0 Å². The number of amides is 1. The van der Waals surface area contributed by atoms with E-state index in [0.29, 0.717) is 19.6 Å². The molecular weight excluding hydrogens is 226 g/mol. The third-order valence-corrected chi connectivity index (χ3v) is 2.76. The molecule has 1 amide bonds. The molecule has 0 spiro atoms. The van der Waals surface area contributed by atoms with Crippen molar-refractivity contribution >= 4 is 5.91 Å². The largest absolute Gasteiger partial charge is 0.352 e. The minimum absolute atomic E-state index is 0.180. The average Bonchev–Trinajstić information content (AvgIpc) is 2.92. The Balaban J connectivity index is 0.000000771. The molecular formula is C15H23NO2. The molecule has 1 heterocycles. The molecule has 18 heavy (non-hydrogen) atoms. The number of rotatable bonds is 3. The summed E-state index contributed by atoms with van der Waals surface area (Å²) in [6, 6.07) is 9.92. The predicted molar refractivity (Wildman–Crippen MR) is 73.1 cm³/mol. The number of benzene rings is 1. The van der Waals surface area contributed by atoms with E-state index in [4.69, 9.17) is 4.74 Å². The first-order valence-corrected chi connectivity index (χ1v) is 6.79. The zero-order chi connectivity index (χ0) is 13.4. The smallest absolute Gasteiger partial charge is 0.224 e. The molecule has 1 aromatic carbocycles. The first-order chi connectivity index (χ1) is 8.83. The molecule has 0 aliphatic carbocycles. The molecule has 3 heteroatoms. The molecule has 3 nitrogen and oxygen atoms in total. The SMILES string of the molecule is CC.CCCC(=O)N1CCOC1c1ccccc1. The Hall–Kier alpha value is -1.35. The van der Waals surface area contributed by atoms with Gasteiger partial charge in [-0.3, -0.25) is 4.79 Å². The predicted octanol–water partition coefficient (Wildman–Crippen LogP) is 3.37. The minimum atomic E-state index is -0.180. The van der Waals surface area contributed by atoms with Crippen molar-refractivity contribution in [2.24, 2.45) is 0 Å². The summed E-state index contributed by atoms with van der Waals surface area (Å²) in [6.07, 6.45) is 1.31. The van der Waals surface area contributed by atoms with Crippen LogP contribution < -0.4 is 0 Å². The highest BCUT2D eigenvalue weighted by molar-refractivity contribution is 5.76. The van der Waals surface area contributed by atoms with E-state index >= 15 is 0 Å². The number of ether oxygens (including phenoxy) is 1. The Labute approximate surface area is 110 Å². The molecule has 1 aliphatic rings. The van der Waals surface area contributed by atoms with Gasteiger partial charge in [0.2, 0.25) is 5.91 Å². The van der Waals surface area contributed by atoms with Crippen molar-refractivity contribution in [1.82, 2.24) is 4.90 Å². The minimum Gasteiger partial charge on any atom is -0.352 e. The second kappa shape index (κ2) is 7.88. The van der Waals surface area contributed by atoms with Gasteiger partial charge in [0.15, 0.2) is 6.23 Å². The molecule has 2 rings (SSSR count). The number of hydrogen-bond acceptors (Lipinski definition) is 2. The molecule has 0 bridgehead atoms. The number of carbonyl (C=O) groups excluding carboxylic acids is 1. The summed E-state index contributed by atoms with van der Waals surface area (Å²) in [7, 11) is 0. The first-order valence-electron chi connectivity index (χ1n) is 6.79. The fraction of sp³-hybridized carbons (Fsp3) is 0.533. The van der Waals surface area contributed by atoms with Crippen LogP contribution in [0.15, 0.2) is 30.3 Å². The molecule has 1 atom stereocenters. The second-order valence-corrected chi connectivity index (χ2v) is 3.97. The Kier molecular flexibility index (Phi) is 6.44. The molecule has 1 unspecified atom stereocenters. The summed E-state index contributed by atoms with van der Waals surface area (Å²) in [5.74, 6) is 0.189. The van der Waals surface area contributed by atoms with Crippen molar-refractivity contribution in [2.75, 3.05) is 13.2 Å².